The second-order valence-electron chi connectivity index (χ2n) is 7.90. The van der Waals surface area contributed by atoms with E-state index in [1.165, 1.54) is 16.3 Å². The van der Waals surface area contributed by atoms with Crippen LogP contribution in [0.5, 0.6) is 0 Å². The summed E-state index contributed by atoms with van der Waals surface area (Å²) in [6, 6.07) is 13.8. The SMILES string of the molecule is CCc1ccc(N(CCCC(=O)N(Cc2cccc(Cl)c2)C(C)C(=O)NC)S(C)(=O)=O)cc1. The maximum Gasteiger partial charge on any atom is 0.242 e. The van der Waals surface area contributed by atoms with Crippen molar-refractivity contribution in [3.8, 4) is 0 Å². The van der Waals surface area contributed by atoms with Gasteiger partial charge in [0.2, 0.25) is 21.8 Å². The van der Waals surface area contributed by atoms with Gasteiger partial charge in [0, 0.05) is 31.6 Å². The lowest BCUT2D eigenvalue weighted by Crippen LogP contribution is -2.46. The van der Waals surface area contributed by atoms with Crippen LogP contribution in [0.2, 0.25) is 5.02 Å². The van der Waals surface area contributed by atoms with Gasteiger partial charge in [-0.05, 0) is 55.2 Å². The number of aryl methyl sites for hydroxylation is 1. The van der Waals surface area contributed by atoms with E-state index in [4.69, 9.17) is 11.6 Å². The molecule has 1 unspecified atom stereocenters. The molecule has 0 fully saturated rings. The van der Waals surface area contributed by atoms with E-state index in [0.29, 0.717) is 17.1 Å². The summed E-state index contributed by atoms with van der Waals surface area (Å²) < 4.78 is 26.0. The number of rotatable bonds is 11. The summed E-state index contributed by atoms with van der Waals surface area (Å²) in [6.07, 6.45) is 2.43. The Bertz CT molecular complexity index is 1060. The second-order valence-corrected chi connectivity index (χ2v) is 10.2. The molecule has 0 aromatic heterocycles. The van der Waals surface area contributed by atoms with E-state index in [1.807, 2.05) is 25.1 Å². The molecule has 0 heterocycles. The van der Waals surface area contributed by atoms with Crippen molar-refractivity contribution in [2.45, 2.75) is 45.7 Å². The molecule has 0 aliphatic carbocycles. The fourth-order valence-corrected chi connectivity index (χ4v) is 4.70. The van der Waals surface area contributed by atoms with Crippen LogP contribution in [0.3, 0.4) is 0 Å². The summed E-state index contributed by atoms with van der Waals surface area (Å²) in [5, 5.41) is 3.12. The van der Waals surface area contributed by atoms with Gasteiger partial charge in [-0.15, -0.1) is 0 Å². The molecule has 0 spiro atoms. The lowest BCUT2D eigenvalue weighted by molar-refractivity contribution is -0.140. The maximum absolute atomic E-state index is 13.1. The number of sulfonamides is 1. The number of nitrogens with zero attached hydrogens (tertiary/aromatic N) is 2. The first-order valence-corrected chi connectivity index (χ1v) is 13.1. The molecule has 0 radical (unpaired) electrons. The molecule has 33 heavy (non-hydrogen) atoms. The van der Waals surface area contributed by atoms with E-state index in [-0.39, 0.29) is 31.3 Å². The quantitative estimate of drug-likeness (QED) is 0.518. The van der Waals surface area contributed by atoms with Crippen LogP contribution in [0.4, 0.5) is 5.69 Å². The van der Waals surface area contributed by atoms with Gasteiger partial charge in [-0.2, -0.15) is 0 Å². The van der Waals surface area contributed by atoms with Gasteiger partial charge < -0.3 is 10.2 Å². The lowest BCUT2D eigenvalue weighted by Gasteiger charge is -2.29. The molecular formula is C24H32ClN3O4S. The van der Waals surface area contributed by atoms with Gasteiger partial charge in [-0.1, -0.05) is 42.8 Å². The highest BCUT2D eigenvalue weighted by Gasteiger charge is 2.26. The number of benzene rings is 2. The molecule has 0 bridgehead atoms. The number of amides is 2. The van der Waals surface area contributed by atoms with E-state index in [9.17, 15) is 18.0 Å². The summed E-state index contributed by atoms with van der Waals surface area (Å²) in [4.78, 5) is 26.8. The number of anilines is 1. The van der Waals surface area contributed by atoms with Crippen molar-refractivity contribution in [1.29, 1.82) is 0 Å². The largest absolute Gasteiger partial charge is 0.357 e. The molecule has 2 aromatic carbocycles. The molecule has 1 N–H and O–H groups in total. The molecule has 0 saturated heterocycles. The normalized spacial score (nSPS) is 12.2. The van der Waals surface area contributed by atoms with Crippen molar-refractivity contribution < 1.29 is 18.0 Å². The zero-order chi connectivity index (χ0) is 24.6. The molecule has 9 heteroatoms. The van der Waals surface area contributed by atoms with Crippen LogP contribution in [-0.4, -0.2) is 51.0 Å². The zero-order valence-electron chi connectivity index (χ0n) is 19.5. The fourth-order valence-electron chi connectivity index (χ4n) is 3.53. The summed E-state index contributed by atoms with van der Waals surface area (Å²) in [5.74, 6) is -0.514. The summed E-state index contributed by atoms with van der Waals surface area (Å²) in [7, 11) is -1.99. The van der Waals surface area contributed by atoms with Gasteiger partial charge >= 0.3 is 0 Å². The minimum atomic E-state index is -3.51. The van der Waals surface area contributed by atoms with Gasteiger partial charge in [0.25, 0.3) is 0 Å². The third kappa shape index (κ3) is 7.75. The fraction of sp³-hybridized carbons (Fsp3) is 0.417. The molecule has 180 valence electrons. The second kappa shape index (κ2) is 12.0. The third-order valence-electron chi connectivity index (χ3n) is 5.44. The molecule has 0 saturated carbocycles. The van der Waals surface area contributed by atoms with Gasteiger partial charge in [0.15, 0.2) is 0 Å². The topological polar surface area (TPSA) is 86.8 Å². The first-order chi connectivity index (χ1) is 15.6. The number of hydrogen-bond donors (Lipinski definition) is 1. The number of halogens is 1. The van der Waals surface area contributed by atoms with Crippen molar-refractivity contribution in [3.05, 3.63) is 64.7 Å². The lowest BCUT2D eigenvalue weighted by atomic mass is 10.1. The molecular weight excluding hydrogens is 462 g/mol. The zero-order valence-corrected chi connectivity index (χ0v) is 21.1. The molecule has 1 atom stereocenters. The van der Waals surface area contributed by atoms with Crippen molar-refractivity contribution in [1.82, 2.24) is 10.2 Å². The Morgan fingerprint density at radius 3 is 2.30 bits per heavy atom. The first kappa shape index (κ1) is 26.7. The molecule has 2 rings (SSSR count). The first-order valence-electron chi connectivity index (χ1n) is 10.9. The van der Waals surface area contributed by atoms with E-state index >= 15 is 0 Å². The van der Waals surface area contributed by atoms with Crippen LogP contribution in [0.1, 0.15) is 37.8 Å². The third-order valence-corrected chi connectivity index (χ3v) is 6.87. The Morgan fingerprint density at radius 2 is 1.76 bits per heavy atom. The summed E-state index contributed by atoms with van der Waals surface area (Å²) in [5.41, 5.74) is 2.49. The highest BCUT2D eigenvalue weighted by atomic mass is 35.5. The average molecular weight is 494 g/mol. The molecule has 0 aliphatic rings. The predicted molar refractivity (Wildman–Crippen MR) is 133 cm³/mol. The smallest absolute Gasteiger partial charge is 0.242 e. The summed E-state index contributed by atoms with van der Waals surface area (Å²) >= 11 is 6.07. The van der Waals surface area contributed by atoms with Gasteiger partial charge in [-0.25, -0.2) is 8.42 Å². The van der Waals surface area contributed by atoms with E-state index in [2.05, 4.69) is 5.32 Å². The van der Waals surface area contributed by atoms with Crippen LogP contribution >= 0.6 is 11.6 Å². The Morgan fingerprint density at radius 1 is 1.09 bits per heavy atom. The molecule has 2 amide bonds. The minimum Gasteiger partial charge on any atom is -0.357 e. The van der Waals surface area contributed by atoms with Crippen molar-refractivity contribution in [2.24, 2.45) is 0 Å². The minimum absolute atomic E-state index is 0.0982. The van der Waals surface area contributed by atoms with Crippen molar-refractivity contribution in [3.63, 3.8) is 0 Å². The van der Waals surface area contributed by atoms with E-state index in [1.54, 1.807) is 37.3 Å². The maximum atomic E-state index is 13.1. The van der Waals surface area contributed by atoms with Crippen LogP contribution in [-0.2, 0) is 32.6 Å². The molecule has 0 aliphatic heterocycles. The van der Waals surface area contributed by atoms with Crippen LogP contribution < -0.4 is 9.62 Å². The van der Waals surface area contributed by atoms with Gasteiger partial charge in [0.05, 0.1) is 11.9 Å². The van der Waals surface area contributed by atoms with Gasteiger partial charge in [-0.3, -0.25) is 13.9 Å². The average Bonchev–Trinajstić information content (AvgIpc) is 2.78. The Hall–Kier alpha value is -2.58. The van der Waals surface area contributed by atoms with E-state index < -0.39 is 16.1 Å². The number of nitrogens with one attached hydrogen (secondary N) is 1. The highest BCUT2D eigenvalue weighted by Crippen LogP contribution is 2.20. The van der Waals surface area contributed by atoms with Crippen molar-refractivity contribution >= 4 is 39.1 Å². The summed E-state index contributed by atoms with van der Waals surface area (Å²) in [6.45, 7) is 4.08. The number of hydrogen-bond acceptors (Lipinski definition) is 4. The Labute approximate surface area is 201 Å². The monoisotopic (exact) mass is 493 g/mol. The van der Waals surface area contributed by atoms with Crippen molar-refractivity contribution in [2.75, 3.05) is 24.2 Å². The number of carbonyl (C=O) groups is 2. The van der Waals surface area contributed by atoms with Crippen LogP contribution in [0, 0.1) is 0 Å². The number of likely N-dealkylation sites (N-methyl/N-ethyl adjacent to an activating group) is 1. The van der Waals surface area contributed by atoms with Crippen LogP contribution in [0.15, 0.2) is 48.5 Å². The highest BCUT2D eigenvalue weighted by molar-refractivity contribution is 7.92. The molecule has 2 aromatic rings. The standard InChI is InChI=1S/C24H32ClN3O4S/c1-5-19-11-13-22(14-12-19)28(33(4,31)32)15-7-10-23(29)27(18(2)24(30)26-3)17-20-8-6-9-21(25)16-20/h6,8-9,11-14,16,18H,5,7,10,15,17H2,1-4H3,(H,26,30). The van der Waals surface area contributed by atoms with Crippen LogP contribution in [0.25, 0.3) is 0 Å². The predicted octanol–water partition coefficient (Wildman–Crippen LogP) is 3.61. The molecule has 7 nitrogen and oxygen atoms in total. The Kier molecular flexibility index (Phi) is 9.73. The van der Waals surface area contributed by atoms with E-state index in [0.717, 1.165) is 23.8 Å². The Balaban J connectivity index is 2.13. The van der Waals surface area contributed by atoms with Gasteiger partial charge in [0.1, 0.15) is 6.04 Å². The number of carbonyl (C=O) groups excluding carboxylic acids is 2.